The molecule has 0 saturated carbocycles. The fourth-order valence-corrected chi connectivity index (χ4v) is 1.73. The third-order valence-electron chi connectivity index (χ3n) is 2.36. The van der Waals surface area contributed by atoms with Gasteiger partial charge in [0.05, 0.1) is 24.5 Å². The summed E-state index contributed by atoms with van der Waals surface area (Å²) in [6.45, 7) is 1.30. The second-order valence-corrected chi connectivity index (χ2v) is 3.91. The lowest BCUT2D eigenvalue weighted by molar-refractivity contribution is 0.195. The summed E-state index contributed by atoms with van der Waals surface area (Å²) in [5, 5.41) is 21.4. The predicted octanol–water partition coefficient (Wildman–Crippen LogP) is 0.880. The Morgan fingerprint density at radius 2 is 2.50 bits per heavy atom. The van der Waals surface area contributed by atoms with Gasteiger partial charge in [-0.2, -0.15) is 5.23 Å². The van der Waals surface area contributed by atoms with Crippen LogP contribution in [-0.4, -0.2) is 29.4 Å². The number of hydrogen-bond acceptors (Lipinski definition) is 5. The van der Waals surface area contributed by atoms with E-state index < -0.39 is 0 Å². The maximum Gasteiger partial charge on any atom is 0.138 e. The molecule has 16 heavy (non-hydrogen) atoms. The minimum Gasteiger partial charge on any atom is -0.694 e. The summed E-state index contributed by atoms with van der Waals surface area (Å²) in [6.07, 6.45) is 2.15. The van der Waals surface area contributed by atoms with Gasteiger partial charge in [-0.15, -0.1) is 0 Å². The molecular weight excluding hydrogens is 234 g/mol. The minimum absolute atomic E-state index is 0.0153. The van der Waals surface area contributed by atoms with Crippen LogP contribution in [0.15, 0.2) is 12.3 Å². The fourth-order valence-electron chi connectivity index (χ4n) is 1.57. The standard InChI is InChI=1S/C9H11ClN3O3/c10-9-3-7(8(4-11-9)13(14)15)12-6-1-2-16-5-6/h3-4,6,14H,1-2,5H2,(H,11,12)/q-1/p+1. The third-order valence-corrected chi connectivity index (χ3v) is 2.56. The van der Waals surface area contributed by atoms with Gasteiger partial charge in [-0.05, 0) is 6.42 Å². The highest BCUT2D eigenvalue weighted by Gasteiger charge is 2.17. The first-order valence-electron chi connectivity index (χ1n) is 4.85. The van der Waals surface area contributed by atoms with Gasteiger partial charge in [0, 0.05) is 12.7 Å². The van der Waals surface area contributed by atoms with Crippen molar-refractivity contribution in [2.24, 2.45) is 0 Å². The molecule has 1 atom stereocenters. The van der Waals surface area contributed by atoms with Gasteiger partial charge in [0.15, 0.2) is 0 Å². The van der Waals surface area contributed by atoms with Crippen LogP contribution < -0.4 is 10.5 Å². The fraction of sp³-hybridized carbons (Fsp3) is 0.444. The molecule has 1 unspecified atom stereocenters. The Hall–Kier alpha value is -1.08. The molecule has 1 saturated heterocycles. The number of ether oxygens (including phenoxy) is 1. The van der Waals surface area contributed by atoms with Crippen LogP contribution in [0, 0.1) is 5.21 Å². The van der Waals surface area contributed by atoms with Crippen molar-refractivity contribution in [1.82, 2.24) is 4.98 Å². The molecule has 2 rings (SSSR count). The summed E-state index contributed by atoms with van der Waals surface area (Å²) in [7, 11) is 0. The molecule has 0 bridgehead atoms. The Labute approximate surface area is 97.3 Å². The molecule has 2 heterocycles. The van der Waals surface area contributed by atoms with Crippen LogP contribution in [0.2, 0.25) is 5.15 Å². The van der Waals surface area contributed by atoms with Gasteiger partial charge in [-0.1, -0.05) is 11.6 Å². The van der Waals surface area contributed by atoms with Crippen molar-refractivity contribution in [3.63, 3.8) is 0 Å². The van der Waals surface area contributed by atoms with E-state index in [-0.39, 0.29) is 22.1 Å². The number of nitrogens with one attached hydrogen (secondary N) is 1. The predicted molar refractivity (Wildman–Crippen MR) is 61.6 cm³/mol. The van der Waals surface area contributed by atoms with Crippen molar-refractivity contribution < 1.29 is 9.94 Å². The third kappa shape index (κ3) is 2.53. The van der Waals surface area contributed by atoms with Gasteiger partial charge < -0.3 is 20.5 Å². The topological polar surface area (TPSA) is 83.3 Å². The molecule has 1 aromatic heterocycles. The van der Waals surface area contributed by atoms with Crippen LogP contribution >= 0.6 is 11.6 Å². The molecule has 7 heteroatoms. The summed E-state index contributed by atoms with van der Waals surface area (Å²) in [5.41, 5.74) is 0.664. The van der Waals surface area contributed by atoms with Gasteiger partial charge in [-0.25, -0.2) is 4.98 Å². The maximum atomic E-state index is 11.0. The average molecular weight is 246 g/mol. The summed E-state index contributed by atoms with van der Waals surface area (Å²) in [6, 6.07) is 1.69. The van der Waals surface area contributed by atoms with Crippen LogP contribution in [0.25, 0.3) is 0 Å². The summed E-state index contributed by atoms with van der Waals surface area (Å²) >= 11 is 5.74. The van der Waals surface area contributed by atoms with E-state index in [1.165, 1.54) is 12.3 Å². The summed E-state index contributed by atoms with van der Waals surface area (Å²) < 4.78 is 5.21. The molecule has 0 radical (unpaired) electrons. The van der Waals surface area contributed by atoms with Gasteiger partial charge in [0.2, 0.25) is 0 Å². The van der Waals surface area contributed by atoms with E-state index in [0.717, 1.165) is 6.42 Å². The second-order valence-electron chi connectivity index (χ2n) is 3.52. The number of rotatable bonds is 3. The van der Waals surface area contributed by atoms with E-state index in [1.807, 2.05) is 0 Å². The molecule has 88 valence electrons. The zero-order valence-electron chi connectivity index (χ0n) is 8.44. The molecule has 0 spiro atoms. The smallest absolute Gasteiger partial charge is 0.138 e. The van der Waals surface area contributed by atoms with Crippen LogP contribution in [0.5, 0.6) is 0 Å². The molecule has 0 aliphatic carbocycles. The van der Waals surface area contributed by atoms with Crippen molar-refractivity contribution in [3.05, 3.63) is 22.6 Å². The molecule has 0 aromatic carbocycles. The van der Waals surface area contributed by atoms with Crippen LogP contribution in [0.1, 0.15) is 6.42 Å². The molecule has 1 aliphatic heterocycles. The lowest BCUT2D eigenvalue weighted by Gasteiger charge is -2.21. The molecule has 1 aromatic rings. The normalized spacial score (nSPS) is 19.8. The minimum atomic E-state index is 0.0153. The van der Waals surface area contributed by atoms with E-state index in [4.69, 9.17) is 21.5 Å². The number of hydrogen-bond donors (Lipinski definition) is 1. The first-order valence-corrected chi connectivity index (χ1v) is 5.23. The Morgan fingerprint density at radius 1 is 1.69 bits per heavy atom. The van der Waals surface area contributed by atoms with Crippen LogP contribution in [-0.2, 0) is 4.74 Å². The monoisotopic (exact) mass is 245 g/mol. The quantitative estimate of drug-likeness (QED) is 0.486. The molecule has 1 aliphatic rings. The molecule has 1 fully saturated rings. The first kappa shape index (κ1) is 11.4. The number of halogens is 1. The number of pyridine rings is 1. The van der Waals surface area contributed by atoms with Crippen molar-refractivity contribution in [2.45, 2.75) is 12.5 Å². The summed E-state index contributed by atoms with van der Waals surface area (Å²) in [5.74, 6) is 0. The van der Waals surface area contributed by atoms with E-state index >= 15 is 0 Å². The zero-order valence-corrected chi connectivity index (χ0v) is 9.20. The van der Waals surface area contributed by atoms with Gasteiger partial charge >= 0.3 is 0 Å². The van der Waals surface area contributed by atoms with Crippen molar-refractivity contribution in [3.8, 4) is 0 Å². The number of aromatic nitrogens is 1. The lowest BCUT2D eigenvalue weighted by Crippen LogP contribution is -2.21. The van der Waals surface area contributed by atoms with E-state index in [9.17, 15) is 5.21 Å². The molecule has 6 nitrogen and oxygen atoms in total. The molecule has 0 amide bonds. The van der Waals surface area contributed by atoms with Gasteiger partial charge in [-0.3, -0.25) is 0 Å². The van der Waals surface area contributed by atoms with Crippen molar-refractivity contribution in [1.29, 1.82) is 0 Å². The van der Waals surface area contributed by atoms with E-state index in [1.54, 1.807) is 0 Å². The average Bonchev–Trinajstić information content (AvgIpc) is 2.70. The SMILES string of the molecule is [O-]N([OH2+])c1cnc(Cl)cc1NC1CCOC1. The van der Waals surface area contributed by atoms with Crippen LogP contribution in [0.3, 0.4) is 0 Å². The highest BCUT2D eigenvalue weighted by molar-refractivity contribution is 6.29. The number of anilines is 2. The zero-order chi connectivity index (χ0) is 11.5. The summed E-state index contributed by atoms with van der Waals surface area (Å²) in [4.78, 5) is 3.77. The van der Waals surface area contributed by atoms with Gasteiger partial charge in [0.1, 0.15) is 10.8 Å². The highest BCUT2D eigenvalue weighted by Crippen LogP contribution is 2.27. The Bertz CT molecular complexity index is 369. The Balaban J connectivity index is 2.19. The van der Waals surface area contributed by atoms with Crippen LogP contribution in [0.4, 0.5) is 11.4 Å². The Morgan fingerprint density at radius 3 is 3.12 bits per heavy atom. The largest absolute Gasteiger partial charge is 0.694 e. The van der Waals surface area contributed by atoms with E-state index in [0.29, 0.717) is 18.9 Å². The first-order chi connectivity index (χ1) is 7.66. The molecule has 3 N–H and O–H groups in total. The Kier molecular flexibility index (Phi) is 3.45. The van der Waals surface area contributed by atoms with E-state index in [2.05, 4.69) is 10.3 Å². The molecular formula is C9H12ClN3O3. The second kappa shape index (κ2) is 4.84. The maximum absolute atomic E-state index is 11.0. The van der Waals surface area contributed by atoms with Crippen molar-refractivity contribution >= 4 is 23.0 Å². The van der Waals surface area contributed by atoms with Crippen molar-refractivity contribution in [2.75, 3.05) is 23.8 Å². The van der Waals surface area contributed by atoms with Gasteiger partial charge in [0.25, 0.3) is 0 Å². The highest BCUT2D eigenvalue weighted by atomic mass is 35.5. The number of nitrogens with zero attached hydrogens (tertiary/aromatic N) is 2. The lowest BCUT2D eigenvalue weighted by atomic mass is 10.2.